The largest absolute Gasteiger partial charge is 0.394 e. The van der Waals surface area contributed by atoms with Gasteiger partial charge in [0.1, 0.15) is 0 Å². The van der Waals surface area contributed by atoms with E-state index in [-0.39, 0.29) is 12.4 Å². The molecule has 5 heteroatoms. The first-order chi connectivity index (χ1) is 5.33. The molecule has 0 aliphatic heterocycles. The normalized spacial score (nSPS) is 12.9. The van der Waals surface area contributed by atoms with Crippen molar-refractivity contribution in [2.24, 2.45) is 0 Å². The fraction of sp³-hybridized carbons (Fsp3) is 0.714. The Hall–Kier alpha value is -0.390. The molecule has 0 heterocycles. The Kier molecular flexibility index (Phi) is 3.89. The van der Waals surface area contributed by atoms with Crippen molar-refractivity contribution < 1.29 is 13.5 Å². The lowest BCUT2D eigenvalue weighted by Crippen LogP contribution is -2.46. The molecule has 0 fully saturated rings. The van der Waals surface area contributed by atoms with Gasteiger partial charge >= 0.3 is 0 Å². The van der Waals surface area contributed by atoms with Crippen molar-refractivity contribution in [3.63, 3.8) is 0 Å². The second-order valence-electron chi connectivity index (χ2n) is 3.21. The number of aliphatic hydroxyl groups excluding tert-OH is 1. The van der Waals surface area contributed by atoms with Crippen molar-refractivity contribution in [2.45, 2.75) is 19.4 Å². The summed E-state index contributed by atoms with van der Waals surface area (Å²) in [6.45, 7) is 6.30. The number of rotatable bonds is 5. The molecule has 0 bridgehead atoms. The van der Waals surface area contributed by atoms with Crippen LogP contribution in [-0.4, -0.2) is 31.4 Å². The highest BCUT2D eigenvalue weighted by Gasteiger charge is 2.22. The molecule has 0 aromatic carbocycles. The quantitative estimate of drug-likeness (QED) is 0.597. The third-order valence-corrected chi connectivity index (χ3v) is 2.70. The number of aliphatic hydroxyl groups is 1. The van der Waals surface area contributed by atoms with Gasteiger partial charge < -0.3 is 5.11 Å². The fourth-order valence-corrected chi connectivity index (χ4v) is 1.95. The highest BCUT2D eigenvalue weighted by molar-refractivity contribution is 7.89. The topological polar surface area (TPSA) is 66.4 Å². The molecule has 4 nitrogen and oxygen atoms in total. The Balaban J connectivity index is 4.34. The van der Waals surface area contributed by atoms with E-state index in [1.165, 1.54) is 6.08 Å². The van der Waals surface area contributed by atoms with E-state index in [9.17, 15) is 8.42 Å². The van der Waals surface area contributed by atoms with Gasteiger partial charge in [0.15, 0.2) is 0 Å². The smallest absolute Gasteiger partial charge is 0.215 e. The van der Waals surface area contributed by atoms with Crippen molar-refractivity contribution in [3.8, 4) is 0 Å². The molecule has 12 heavy (non-hydrogen) atoms. The Morgan fingerprint density at radius 1 is 1.58 bits per heavy atom. The molecule has 2 N–H and O–H groups in total. The lowest BCUT2D eigenvalue weighted by atomic mass is 10.1. The molecule has 0 aromatic rings. The van der Waals surface area contributed by atoms with Gasteiger partial charge in [-0.05, 0) is 13.8 Å². The Morgan fingerprint density at radius 2 is 2.08 bits per heavy atom. The molecule has 0 unspecified atom stereocenters. The minimum Gasteiger partial charge on any atom is -0.394 e. The van der Waals surface area contributed by atoms with E-state index in [2.05, 4.69) is 11.3 Å². The average Bonchev–Trinajstić information content (AvgIpc) is 1.85. The maximum absolute atomic E-state index is 11.1. The van der Waals surface area contributed by atoms with Gasteiger partial charge in [0, 0.05) is 0 Å². The SMILES string of the molecule is C=CCS(=O)(=O)NC(C)(C)CO. The van der Waals surface area contributed by atoms with E-state index in [1.54, 1.807) is 13.8 Å². The van der Waals surface area contributed by atoms with Gasteiger partial charge in [0.2, 0.25) is 10.0 Å². The number of nitrogens with one attached hydrogen (secondary N) is 1. The lowest BCUT2D eigenvalue weighted by Gasteiger charge is -2.22. The van der Waals surface area contributed by atoms with Crippen LogP contribution in [0.5, 0.6) is 0 Å². The first-order valence-electron chi connectivity index (χ1n) is 3.56. The average molecular weight is 193 g/mol. The van der Waals surface area contributed by atoms with Gasteiger partial charge in [0.05, 0.1) is 17.9 Å². The van der Waals surface area contributed by atoms with Crippen molar-refractivity contribution in [3.05, 3.63) is 12.7 Å². The molecule has 72 valence electrons. The van der Waals surface area contributed by atoms with Gasteiger partial charge in [-0.25, -0.2) is 13.1 Å². The molecular formula is C7H15NO3S. The van der Waals surface area contributed by atoms with Crippen LogP contribution >= 0.6 is 0 Å². The first kappa shape index (κ1) is 11.6. The third kappa shape index (κ3) is 4.48. The van der Waals surface area contributed by atoms with Crippen molar-refractivity contribution >= 4 is 10.0 Å². The van der Waals surface area contributed by atoms with E-state index < -0.39 is 15.6 Å². The van der Waals surface area contributed by atoms with Gasteiger partial charge in [0.25, 0.3) is 0 Å². The van der Waals surface area contributed by atoms with Crippen molar-refractivity contribution in [1.29, 1.82) is 0 Å². The van der Waals surface area contributed by atoms with E-state index in [0.717, 1.165) is 0 Å². The molecule has 0 atom stereocenters. The van der Waals surface area contributed by atoms with Crippen LogP contribution in [0.25, 0.3) is 0 Å². The predicted octanol–water partition coefficient (Wildman–Crippen LogP) is -0.137. The Bertz CT molecular complexity index is 243. The summed E-state index contributed by atoms with van der Waals surface area (Å²) in [6.07, 6.45) is 1.30. The van der Waals surface area contributed by atoms with Gasteiger partial charge in [-0.1, -0.05) is 6.08 Å². The van der Waals surface area contributed by atoms with Crippen LogP contribution in [0.2, 0.25) is 0 Å². The zero-order valence-electron chi connectivity index (χ0n) is 7.37. The molecule has 0 aromatic heterocycles. The van der Waals surface area contributed by atoms with Crippen LogP contribution in [0, 0.1) is 0 Å². The van der Waals surface area contributed by atoms with Crippen LogP contribution in [0.3, 0.4) is 0 Å². The molecule has 0 radical (unpaired) electrons. The fourth-order valence-electron chi connectivity index (χ4n) is 0.650. The Labute approximate surface area is 73.3 Å². The number of sulfonamides is 1. The highest BCUT2D eigenvalue weighted by Crippen LogP contribution is 2.02. The summed E-state index contributed by atoms with van der Waals surface area (Å²) >= 11 is 0. The number of hydrogen-bond acceptors (Lipinski definition) is 3. The van der Waals surface area contributed by atoms with Crippen LogP contribution in [0.15, 0.2) is 12.7 Å². The third-order valence-electron chi connectivity index (χ3n) is 1.16. The molecule has 0 spiro atoms. The first-order valence-corrected chi connectivity index (χ1v) is 5.21. The van der Waals surface area contributed by atoms with Gasteiger partial charge in [-0.2, -0.15) is 0 Å². The minimum atomic E-state index is -3.33. The maximum atomic E-state index is 11.1. The molecule has 0 aliphatic rings. The summed E-state index contributed by atoms with van der Waals surface area (Å²) in [5.74, 6) is -0.129. The summed E-state index contributed by atoms with van der Waals surface area (Å²) in [5.41, 5.74) is -0.804. The van der Waals surface area contributed by atoms with Gasteiger partial charge in [-0.15, -0.1) is 6.58 Å². The van der Waals surface area contributed by atoms with Crippen LogP contribution in [0.1, 0.15) is 13.8 Å². The number of hydrogen-bond donors (Lipinski definition) is 2. The predicted molar refractivity (Wildman–Crippen MR) is 48.3 cm³/mol. The van der Waals surface area contributed by atoms with Gasteiger partial charge in [-0.3, -0.25) is 0 Å². The van der Waals surface area contributed by atoms with Crippen LogP contribution < -0.4 is 4.72 Å². The zero-order chi connectivity index (χ0) is 9.83. The summed E-state index contributed by atoms with van der Waals surface area (Å²) < 4.78 is 24.6. The molecule has 0 amide bonds. The van der Waals surface area contributed by atoms with E-state index in [1.807, 2.05) is 0 Å². The van der Waals surface area contributed by atoms with Crippen LogP contribution in [0.4, 0.5) is 0 Å². The van der Waals surface area contributed by atoms with Crippen molar-refractivity contribution in [1.82, 2.24) is 4.72 Å². The second kappa shape index (κ2) is 4.02. The molecule has 0 rings (SSSR count). The summed E-state index contributed by atoms with van der Waals surface area (Å²) in [4.78, 5) is 0. The lowest BCUT2D eigenvalue weighted by molar-refractivity contribution is 0.208. The summed E-state index contributed by atoms with van der Waals surface area (Å²) in [5, 5.41) is 8.77. The molecule has 0 saturated heterocycles. The van der Waals surface area contributed by atoms with Crippen LogP contribution in [-0.2, 0) is 10.0 Å². The second-order valence-corrected chi connectivity index (χ2v) is 4.98. The zero-order valence-corrected chi connectivity index (χ0v) is 8.19. The molecular weight excluding hydrogens is 178 g/mol. The highest BCUT2D eigenvalue weighted by atomic mass is 32.2. The van der Waals surface area contributed by atoms with Crippen molar-refractivity contribution in [2.75, 3.05) is 12.4 Å². The minimum absolute atomic E-state index is 0.129. The van der Waals surface area contributed by atoms with E-state index in [0.29, 0.717) is 0 Å². The summed E-state index contributed by atoms with van der Waals surface area (Å²) in [7, 11) is -3.33. The maximum Gasteiger partial charge on any atom is 0.215 e. The Morgan fingerprint density at radius 3 is 2.42 bits per heavy atom. The monoisotopic (exact) mass is 193 g/mol. The molecule has 0 saturated carbocycles. The molecule has 0 aliphatic carbocycles. The van der Waals surface area contributed by atoms with E-state index >= 15 is 0 Å². The standard InChI is InChI=1S/C7H15NO3S/c1-4-5-12(10,11)8-7(2,3)6-9/h4,8-9H,1,5-6H2,2-3H3. The summed E-state index contributed by atoms with van der Waals surface area (Å²) in [6, 6.07) is 0. The van der Waals surface area contributed by atoms with E-state index in [4.69, 9.17) is 5.11 Å².